The monoisotopic (exact) mass is 1130 g/mol. The van der Waals surface area contributed by atoms with Gasteiger partial charge in [0.15, 0.2) is 9.84 Å². The van der Waals surface area contributed by atoms with Gasteiger partial charge in [-0.2, -0.15) is 0 Å². The number of aryl methyl sites for hydroxylation is 2. The number of thioether (sulfide) groups is 1. The number of likely N-dealkylation sites (tertiary alicyclic amines) is 1. The molecule has 9 rings (SSSR count). The predicted octanol–water partition coefficient (Wildman–Crippen LogP) is 0.457. The van der Waals surface area contributed by atoms with Gasteiger partial charge in [0.25, 0.3) is 23.3 Å². The Hall–Kier alpha value is -7.42. The lowest BCUT2D eigenvalue weighted by Crippen LogP contribution is -2.52. The van der Waals surface area contributed by atoms with Crippen LogP contribution in [0, 0.1) is 5.92 Å². The van der Waals surface area contributed by atoms with E-state index in [1.165, 1.54) is 9.47 Å². The fourth-order valence-electron chi connectivity index (χ4n) is 10.6. The Balaban J connectivity index is 0.841. The summed E-state index contributed by atoms with van der Waals surface area (Å²) in [7, 11) is -2.14. The van der Waals surface area contributed by atoms with Gasteiger partial charge in [-0.1, -0.05) is 12.1 Å². The van der Waals surface area contributed by atoms with E-state index in [4.69, 9.17) is 15.6 Å². The summed E-state index contributed by atoms with van der Waals surface area (Å²) in [4.78, 5) is 137. The van der Waals surface area contributed by atoms with Crippen molar-refractivity contribution in [3.63, 3.8) is 0 Å². The van der Waals surface area contributed by atoms with Gasteiger partial charge in [-0.05, 0) is 72.9 Å². The summed E-state index contributed by atoms with van der Waals surface area (Å²) in [5.41, 5.74) is 10.3. The Morgan fingerprint density at radius 1 is 0.911 bits per heavy atom. The normalized spacial score (nSPS) is 18.4. The van der Waals surface area contributed by atoms with Crippen molar-refractivity contribution >= 4 is 91.4 Å². The molecule has 2 aromatic heterocycles. The average molecular weight is 1130 g/mol. The van der Waals surface area contributed by atoms with E-state index >= 15 is 0 Å². The van der Waals surface area contributed by atoms with Crippen LogP contribution < -0.4 is 37.5 Å². The molecule has 79 heavy (non-hydrogen) atoms. The number of aromatic nitrogens is 2. The predicted molar refractivity (Wildman–Crippen MR) is 288 cm³/mol. The third-order valence-electron chi connectivity index (χ3n) is 14.7. The van der Waals surface area contributed by atoms with Crippen LogP contribution in [0.25, 0.3) is 22.0 Å². The highest BCUT2D eigenvalue weighted by molar-refractivity contribution is 8.00. The minimum absolute atomic E-state index is 0.0181. The summed E-state index contributed by atoms with van der Waals surface area (Å²) in [6, 6.07) is 6.91. The maximum absolute atomic E-state index is 14.2. The molecule has 0 bridgehead atoms. The number of carbonyl (C=O) groups excluding carboxylic acids is 8. The van der Waals surface area contributed by atoms with E-state index in [0.29, 0.717) is 65.2 Å². The van der Waals surface area contributed by atoms with Crippen LogP contribution in [0.4, 0.5) is 5.69 Å². The standard InChI is InChI=1S/C53H62N10O14S2/c1-60-23-35-33-19-30(27-79(2,75)76)32(47(67)57-15-18-77-17-4-6-29-5-3-7-31-34(29)25-63(50(31)70)38-10-11-42(65)58-48(38)68)20-39(33)61(22-28-8-9-28)24-36-44(35)46(52(60)72)59-45(36)49(69)56-14-13-55-41(64)12-16-62-43(66)21-40(51(62)71)78-26-37(54)53(73)74/h3,5,7,19-20,23,28,37-38,40,59H,4,6,8-18,21-22,24-27,54H2,1-2H3,(H,55,64)(H,56,69)(H,57,67)(H,73,74)(H,58,65,68)/t37-,38?,40?/m0/s1. The number of carboxylic acids is 1. The van der Waals surface area contributed by atoms with Gasteiger partial charge in [-0.25, -0.2) is 8.42 Å². The van der Waals surface area contributed by atoms with Crippen molar-refractivity contribution < 1.29 is 61.4 Å². The van der Waals surface area contributed by atoms with Crippen LogP contribution in [0.15, 0.2) is 41.3 Å². The molecule has 8 N–H and O–H groups in total. The molecule has 0 spiro atoms. The Kier molecular flexibility index (Phi) is 16.8. The number of aromatic amines is 1. The number of sulfone groups is 1. The lowest BCUT2D eigenvalue weighted by atomic mass is 9.95. The summed E-state index contributed by atoms with van der Waals surface area (Å²) in [6.07, 6.45) is 5.87. The van der Waals surface area contributed by atoms with E-state index in [0.717, 1.165) is 46.9 Å². The van der Waals surface area contributed by atoms with Crippen molar-refractivity contribution in [3.8, 4) is 11.1 Å². The number of hydrogen-bond donors (Lipinski definition) is 7. The highest BCUT2D eigenvalue weighted by atomic mass is 32.2. The largest absolute Gasteiger partial charge is 0.480 e. The third kappa shape index (κ3) is 12.6. The van der Waals surface area contributed by atoms with E-state index in [1.54, 1.807) is 37.5 Å². The van der Waals surface area contributed by atoms with Crippen LogP contribution in [0.1, 0.15) is 98.4 Å². The van der Waals surface area contributed by atoms with Gasteiger partial charge >= 0.3 is 5.97 Å². The summed E-state index contributed by atoms with van der Waals surface area (Å²) in [6.45, 7) is 1.26. The summed E-state index contributed by atoms with van der Waals surface area (Å²) in [5.74, 6) is -5.13. The molecule has 3 fully saturated rings. The Morgan fingerprint density at radius 3 is 2.41 bits per heavy atom. The van der Waals surface area contributed by atoms with Crippen LogP contribution in [-0.4, -0.2) is 161 Å². The zero-order chi connectivity index (χ0) is 56.4. The fourth-order valence-corrected chi connectivity index (χ4v) is 12.5. The van der Waals surface area contributed by atoms with Crippen LogP contribution in [0.5, 0.6) is 0 Å². The van der Waals surface area contributed by atoms with Crippen molar-refractivity contribution in [2.75, 3.05) is 62.8 Å². The number of nitrogens with one attached hydrogen (secondary N) is 5. The second-order valence-electron chi connectivity index (χ2n) is 20.6. The van der Waals surface area contributed by atoms with Gasteiger partial charge < -0.3 is 50.9 Å². The quantitative estimate of drug-likeness (QED) is 0.0370. The van der Waals surface area contributed by atoms with Crippen molar-refractivity contribution in [2.45, 2.75) is 87.5 Å². The molecule has 2 aromatic carbocycles. The van der Waals surface area contributed by atoms with Gasteiger partial charge in [0.1, 0.15) is 23.3 Å². The first-order chi connectivity index (χ1) is 37.7. The van der Waals surface area contributed by atoms with Crippen molar-refractivity contribution in [3.05, 3.63) is 86.0 Å². The first-order valence-electron chi connectivity index (χ1n) is 26.1. The van der Waals surface area contributed by atoms with Crippen LogP contribution in [-0.2, 0) is 75.7 Å². The zero-order valence-corrected chi connectivity index (χ0v) is 45.3. The maximum Gasteiger partial charge on any atom is 0.321 e. The van der Waals surface area contributed by atoms with Gasteiger partial charge in [0, 0.05) is 136 Å². The molecule has 1 saturated carbocycles. The maximum atomic E-state index is 14.2. The van der Waals surface area contributed by atoms with E-state index < -0.39 is 79.9 Å². The van der Waals surface area contributed by atoms with Crippen LogP contribution in [0.2, 0.25) is 0 Å². The number of carbonyl (C=O) groups is 9. The van der Waals surface area contributed by atoms with Crippen LogP contribution in [0.3, 0.4) is 0 Å². The number of amides is 8. The number of rotatable bonds is 24. The second-order valence-corrected chi connectivity index (χ2v) is 24.0. The molecule has 8 amide bonds. The van der Waals surface area contributed by atoms with Crippen LogP contribution >= 0.6 is 11.8 Å². The topological polar surface area (TPSA) is 339 Å². The SMILES string of the molecule is Cn1cc2c3c(c(C(=O)NCCNC(=O)CCN4C(=O)CC(SC[C@H](N)C(=O)O)C4=O)[nH]c3c1=O)CN(CC1CC1)c1cc(C(=O)NCCOCCCc3cccc4c3CN(C3CCC(=O)NC3=O)C4=O)c(CS(C)(=O)=O)cc1-2. The number of nitrogens with two attached hydrogens (primary N) is 1. The molecule has 26 heteroatoms. The van der Waals surface area contributed by atoms with E-state index in [9.17, 15) is 56.4 Å². The Morgan fingerprint density at radius 2 is 1.67 bits per heavy atom. The number of nitrogens with zero attached hydrogens (tertiary/aromatic N) is 4. The Labute approximate surface area is 457 Å². The van der Waals surface area contributed by atoms with Crippen molar-refractivity contribution in [1.82, 2.24) is 40.6 Å². The molecular weight excluding hydrogens is 1060 g/mol. The average Bonchev–Trinajstić information content (AvgIpc) is 3.82. The lowest BCUT2D eigenvalue weighted by Gasteiger charge is -2.29. The number of pyridine rings is 1. The number of fused-ring (bicyclic) bond motifs is 3. The summed E-state index contributed by atoms with van der Waals surface area (Å²) in [5, 5.41) is 19.4. The number of imide groups is 2. The molecule has 4 aliphatic heterocycles. The number of carboxylic acid groups (broad SMARTS) is 1. The summed E-state index contributed by atoms with van der Waals surface area (Å²) < 4.78 is 33.3. The Bertz CT molecular complexity index is 3370. The smallest absolute Gasteiger partial charge is 0.321 e. The van der Waals surface area contributed by atoms with E-state index in [-0.39, 0.29) is 111 Å². The number of aliphatic carboxylic acids is 1. The number of ether oxygens (including phenoxy) is 1. The second kappa shape index (κ2) is 23.5. The minimum Gasteiger partial charge on any atom is -0.480 e. The van der Waals surface area contributed by atoms with Gasteiger partial charge in [0.05, 0.1) is 17.6 Å². The first-order valence-corrected chi connectivity index (χ1v) is 29.2. The highest BCUT2D eigenvalue weighted by Gasteiger charge is 2.41. The number of anilines is 1. The van der Waals surface area contributed by atoms with Gasteiger partial charge in [-0.3, -0.25) is 58.2 Å². The molecule has 420 valence electrons. The number of H-pyrrole nitrogens is 1. The lowest BCUT2D eigenvalue weighted by molar-refractivity contribution is -0.140. The number of piperidine rings is 1. The highest BCUT2D eigenvalue weighted by Crippen LogP contribution is 2.45. The van der Waals surface area contributed by atoms with E-state index in [2.05, 4.69) is 26.3 Å². The minimum atomic E-state index is -3.70. The molecule has 0 radical (unpaired) electrons. The number of benzene rings is 2. The fraction of sp³-hybridized carbons (Fsp3) is 0.472. The molecule has 5 aliphatic rings. The molecule has 24 nitrogen and oxygen atoms in total. The molecular formula is C53H62N10O14S2. The molecule has 1 aliphatic carbocycles. The van der Waals surface area contributed by atoms with Gasteiger partial charge in [-0.15, -0.1) is 11.8 Å². The molecule has 2 unspecified atom stereocenters. The van der Waals surface area contributed by atoms with Gasteiger partial charge in [0.2, 0.25) is 29.5 Å². The van der Waals surface area contributed by atoms with Crippen molar-refractivity contribution in [1.29, 1.82) is 0 Å². The molecule has 4 aromatic rings. The summed E-state index contributed by atoms with van der Waals surface area (Å²) >= 11 is 0.976. The molecule has 3 atom stereocenters. The zero-order valence-electron chi connectivity index (χ0n) is 43.6. The molecule has 2 saturated heterocycles. The van der Waals surface area contributed by atoms with E-state index in [1.807, 2.05) is 11.0 Å². The number of hydrogen-bond acceptors (Lipinski definition) is 16. The first kappa shape index (κ1) is 56.3. The molecule has 6 heterocycles. The third-order valence-corrected chi connectivity index (χ3v) is 16.9. The van der Waals surface area contributed by atoms with Crippen molar-refractivity contribution in [2.24, 2.45) is 18.7 Å².